The van der Waals surface area contributed by atoms with Crippen LogP contribution < -0.4 is 10.5 Å². The van der Waals surface area contributed by atoms with Crippen LogP contribution in [-0.2, 0) is 16.4 Å². The van der Waals surface area contributed by atoms with Crippen molar-refractivity contribution in [3.8, 4) is 0 Å². The molecule has 0 amide bonds. The Bertz CT molecular complexity index is 918. The van der Waals surface area contributed by atoms with E-state index in [1.54, 1.807) is 0 Å². The lowest BCUT2D eigenvalue weighted by molar-refractivity contribution is 0.555. The molecule has 2 aromatic carbocycles. The average Bonchev–Trinajstić information content (AvgIpc) is 2.59. The lowest BCUT2D eigenvalue weighted by Gasteiger charge is -2.24. The minimum Gasteiger partial charge on any atom is -0.399 e. The molecule has 160 valence electrons. The second kappa shape index (κ2) is 9.31. The van der Waals surface area contributed by atoms with Gasteiger partial charge in [-0.15, -0.1) is 0 Å². The molecule has 0 aromatic heterocycles. The fourth-order valence-corrected chi connectivity index (χ4v) is 5.58. The number of hydrogen-bond acceptors (Lipinski definition) is 3. The van der Waals surface area contributed by atoms with Gasteiger partial charge >= 0.3 is 0 Å². The van der Waals surface area contributed by atoms with Crippen LogP contribution in [0.3, 0.4) is 0 Å². The summed E-state index contributed by atoms with van der Waals surface area (Å²) in [6, 6.07) is 11.5. The number of nitrogens with two attached hydrogens (primary N) is 1. The Morgan fingerprint density at radius 2 is 1.41 bits per heavy atom. The highest BCUT2D eigenvalue weighted by molar-refractivity contribution is 7.89. The molecule has 4 nitrogen and oxygen atoms in total. The summed E-state index contributed by atoms with van der Waals surface area (Å²) in [6.07, 6.45) is 0.586. The smallest absolute Gasteiger partial charge is 0.241 e. The molecule has 0 heterocycles. The summed E-state index contributed by atoms with van der Waals surface area (Å²) in [5.41, 5.74) is 10.5. The standard InChI is InChI=1S/C24H36N2O2S/c1-15(2)20-13-22(16(3)4)24(23(14-20)17(5)6)29(27,28)26-18(7)11-19-9-8-10-21(25)12-19/h8-10,12-18,26H,11,25H2,1-7H3. The van der Waals surface area contributed by atoms with Gasteiger partial charge in [-0.1, -0.05) is 65.8 Å². The van der Waals surface area contributed by atoms with Gasteiger partial charge in [-0.2, -0.15) is 0 Å². The van der Waals surface area contributed by atoms with E-state index in [1.165, 1.54) is 5.56 Å². The molecule has 0 saturated heterocycles. The van der Waals surface area contributed by atoms with E-state index >= 15 is 0 Å². The maximum absolute atomic E-state index is 13.5. The van der Waals surface area contributed by atoms with Crippen LogP contribution in [-0.4, -0.2) is 14.5 Å². The summed E-state index contributed by atoms with van der Waals surface area (Å²) in [5, 5.41) is 0. The molecule has 0 fully saturated rings. The Balaban J connectivity index is 2.47. The van der Waals surface area contributed by atoms with Crippen LogP contribution in [0.25, 0.3) is 0 Å². The zero-order chi connectivity index (χ0) is 21.9. The minimum atomic E-state index is -3.66. The largest absolute Gasteiger partial charge is 0.399 e. The molecule has 2 rings (SSSR count). The quantitative estimate of drug-likeness (QED) is 0.554. The molecule has 0 saturated carbocycles. The van der Waals surface area contributed by atoms with E-state index in [0.29, 0.717) is 22.9 Å². The molecule has 0 aliphatic heterocycles. The van der Waals surface area contributed by atoms with Gasteiger partial charge in [-0.05, 0) is 65.5 Å². The van der Waals surface area contributed by atoms with E-state index in [-0.39, 0.29) is 17.9 Å². The monoisotopic (exact) mass is 416 g/mol. The molecule has 3 N–H and O–H groups in total. The fourth-order valence-electron chi connectivity index (χ4n) is 3.64. The maximum Gasteiger partial charge on any atom is 0.241 e. The zero-order valence-corrected chi connectivity index (χ0v) is 19.6. The van der Waals surface area contributed by atoms with E-state index in [0.717, 1.165) is 16.7 Å². The Morgan fingerprint density at radius 1 is 0.862 bits per heavy atom. The first-order chi connectivity index (χ1) is 13.4. The number of benzene rings is 2. The molecule has 0 spiro atoms. The van der Waals surface area contributed by atoms with Crippen molar-refractivity contribution in [2.45, 2.75) is 83.6 Å². The third-order valence-electron chi connectivity index (χ3n) is 5.20. The van der Waals surface area contributed by atoms with E-state index in [4.69, 9.17) is 5.73 Å². The Kier molecular flexibility index (Phi) is 7.52. The molecule has 5 heteroatoms. The number of sulfonamides is 1. The predicted molar refractivity (Wildman–Crippen MR) is 123 cm³/mol. The predicted octanol–water partition coefficient (Wildman–Crippen LogP) is 5.55. The van der Waals surface area contributed by atoms with E-state index in [9.17, 15) is 8.42 Å². The van der Waals surface area contributed by atoms with Gasteiger partial charge in [0.05, 0.1) is 4.90 Å². The van der Waals surface area contributed by atoms with Crippen LogP contribution >= 0.6 is 0 Å². The Morgan fingerprint density at radius 3 is 1.86 bits per heavy atom. The van der Waals surface area contributed by atoms with Crippen LogP contribution in [0.2, 0.25) is 0 Å². The molecule has 0 radical (unpaired) electrons. The highest BCUT2D eigenvalue weighted by atomic mass is 32.2. The highest BCUT2D eigenvalue weighted by Gasteiger charge is 2.28. The van der Waals surface area contributed by atoms with Gasteiger partial charge in [0.2, 0.25) is 10.0 Å². The molecule has 0 aliphatic rings. The van der Waals surface area contributed by atoms with Crippen LogP contribution in [0.5, 0.6) is 0 Å². The van der Waals surface area contributed by atoms with Crippen LogP contribution in [0.4, 0.5) is 5.69 Å². The number of hydrogen-bond donors (Lipinski definition) is 2. The van der Waals surface area contributed by atoms with E-state index < -0.39 is 10.0 Å². The Labute approximate surface area is 177 Å². The first kappa shape index (κ1) is 23.4. The number of rotatable bonds is 8. The van der Waals surface area contributed by atoms with Gasteiger partial charge in [0.25, 0.3) is 0 Å². The normalized spacial score (nSPS) is 13.4. The van der Waals surface area contributed by atoms with Crippen LogP contribution in [0.15, 0.2) is 41.3 Å². The second-order valence-corrected chi connectivity index (χ2v) is 10.6. The van der Waals surface area contributed by atoms with Gasteiger partial charge in [0, 0.05) is 11.7 Å². The molecule has 1 atom stereocenters. The lowest BCUT2D eigenvalue weighted by Crippen LogP contribution is -2.35. The van der Waals surface area contributed by atoms with Gasteiger partial charge in [0.1, 0.15) is 0 Å². The van der Waals surface area contributed by atoms with Gasteiger partial charge in [-0.3, -0.25) is 0 Å². The fraction of sp³-hybridized carbons (Fsp3) is 0.500. The summed E-state index contributed by atoms with van der Waals surface area (Å²) in [6.45, 7) is 14.4. The molecule has 2 aromatic rings. The first-order valence-electron chi connectivity index (χ1n) is 10.5. The molecule has 29 heavy (non-hydrogen) atoms. The average molecular weight is 417 g/mol. The SMILES string of the molecule is CC(Cc1cccc(N)c1)NS(=O)(=O)c1c(C(C)C)cc(C(C)C)cc1C(C)C. The second-order valence-electron chi connectivity index (χ2n) is 8.96. The highest BCUT2D eigenvalue weighted by Crippen LogP contribution is 2.35. The van der Waals surface area contributed by atoms with Crippen molar-refractivity contribution in [1.82, 2.24) is 4.72 Å². The van der Waals surface area contributed by atoms with Crippen LogP contribution in [0, 0.1) is 0 Å². The summed E-state index contributed by atoms with van der Waals surface area (Å²) in [5.74, 6) is 0.571. The first-order valence-corrected chi connectivity index (χ1v) is 11.9. The van der Waals surface area contributed by atoms with Gasteiger partial charge < -0.3 is 5.73 Å². The summed E-state index contributed by atoms with van der Waals surface area (Å²) in [4.78, 5) is 0.450. The number of nitrogen functional groups attached to an aromatic ring is 1. The summed E-state index contributed by atoms with van der Waals surface area (Å²) >= 11 is 0. The van der Waals surface area contributed by atoms with Crippen molar-refractivity contribution in [3.63, 3.8) is 0 Å². The topological polar surface area (TPSA) is 72.2 Å². The zero-order valence-electron chi connectivity index (χ0n) is 18.8. The summed E-state index contributed by atoms with van der Waals surface area (Å²) in [7, 11) is -3.66. The molecular formula is C24H36N2O2S. The van der Waals surface area contributed by atoms with Crippen molar-refractivity contribution < 1.29 is 8.42 Å². The molecule has 0 aliphatic carbocycles. The van der Waals surface area contributed by atoms with Gasteiger partial charge in [0.15, 0.2) is 0 Å². The van der Waals surface area contributed by atoms with Crippen molar-refractivity contribution >= 4 is 15.7 Å². The van der Waals surface area contributed by atoms with Crippen molar-refractivity contribution in [1.29, 1.82) is 0 Å². The van der Waals surface area contributed by atoms with Crippen molar-refractivity contribution in [2.75, 3.05) is 5.73 Å². The lowest BCUT2D eigenvalue weighted by atomic mass is 9.89. The minimum absolute atomic E-state index is 0.113. The number of nitrogens with one attached hydrogen (secondary N) is 1. The third kappa shape index (κ3) is 5.83. The van der Waals surface area contributed by atoms with Crippen molar-refractivity contribution in [3.05, 3.63) is 58.7 Å². The molecule has 1 unspecified atom stereocenters. The summed E-state index contributed by atoms with van der Waals surface area (Å²) < 4.78 is 29.9. The molecular weight excluding hydrogens is 380 g/mol. The Hall–Kier alpha value is -1.85. The maximum atomic E-state index is 13.5. The van der Waals surface area contributed by atoms with Crippen LogP contribution in [0.1, 0.15) is 88.5 Å². The van der Waals surface area contributed by atoms with E-state index in [1.807, 2.05) is 31.2 Å². The van der Waals surface area contributed by atoms with Crippen molar-refractivity contribution in [2.24, 2.45) is 0 Å². The number of anilines is 1. The van der Waals surface area contributed by atoms with E-state index in [2.05, 4.69) is 58.4 Å². The van der Waals surface area contributed by atoms with Gasteiger partial charge in [-0.25, -0.2) is 13.1 Å². The molecule has 0 bridgehead atoms. The third-order valence-corrected chi connectivity index (χ3v) is 6.92.